The number of aromatic nitrogens is 2. The van der Waals surface area contributed by atoms with Gasteiger partial charge in [0.2, 0.25) is 0 Å². The number of benzene rings is 2. The SMILES string of the molecule is CCCCOc1ccc(C2c3c(-c4ccc(C)cc4)n[nH]c3C(=O)N2C(C)C)cc1. The molecule has 3 aromatic rings. The lowest BCUT2D eigenvalue weighted by atomic mass is 9.95. The van der Waals surface area contributed by atoms with Crippen LogP contribution in [0.15, 0.2) is 48.5 Å². The summed E-state index contributed by atoms with van der Waals surface area (Å²) in [6.45, 7) is 9.04. The zero-order valence-corrected chi connectivity index (χ0v) is 18.1. The van der Waals surface area contributed by atoms with Gasteiger partial charge in [0.25, 0.3) is 5.91 Å². The third-order valence-corrected chi connectivity index (χ3v) is 5.65. The van der Waals surface area contributed by atoms with Gasteiger partial charge in [-0.1, -0.05) is 55.3 Å². The van der Waals surface area contributed by atoms with Crippen LogP contribution in [0.4, 0.5) is 0 Å². The second-order valence-corrected chi connectivity index (χ2v) is 8.21. The second-order valence-electron chi connectivity index (χ2n) is 8.21. The molecular formula is C25H29N3O2. The molecule has 156 valence electrons. The molecule has 5 heteroatoms. The molecule has 1 unspecified atom stereocenters. The van der Waals surface area contributed by atoms with E-state index >= 15 is 0 Å². The van der Waals surface area contributed by atoms with Crippen LogP contribution in [0.3, 0.4) is 0 Å². The van der Waals surface area contributed by atoms with Crippen LogP contribution < -0.4 is 4.74 Å². The number of H-pyrrole nitrogens is 1. The van der Waals surface area contributed by atoms with Crippen LogP contribution in [0.5, 0.6) is 5.75 Å². The van der Waals surface area contributed by atoms with E-state index in [-0.39, 0.29) is 18.0 Å². The summed E-state index contributed by atoms with van der Waals surface area (Å²) in [7, 11) is 0. The van der Waals surface area contributed by atoms with E-state index in [1.165, 1.54) is 5.56 Å². The first-order valence-electron chi connectivity index (χ1n) is 10.7. The summed E-state index contributed by atoms with van der Waals surface area (Å²) >= 11 is 0. The zero-order chi connectivity index (χ0) is 21.3. The zero-order valence-electron chi connectivity index (χ0n) is 18.1. The fourth-order valence-electron chi connectivity index (χ4n) is 4.04. The molecule has 0 spiro atoms. The number of carbonyl (C=O) groups is 1. The Labute approximate surface area is 178 Å². The maximum Gasteiger partial charge on any atom is 0.273 e. The van der Waals surface area contributed by atoms with E-state index in [2.05, 4.69) is 74.3 Å². The van der Waals surface area contributed by atoms with Gasteiger partial charge in [-0.15, -0.1) is 0 Å². The van der Waals surface area contributed by atoms with Crippen molar-refractivity contribution in [1.82, 2.24) is 15.1 Å². The number of aryl methyl sites for hydroxylation is 1. The molecule has 1 aliphatic heterocycles. The van der Waals surface area contributed by atoms with E-state index in [1.807, 2.05) is 17.0 Å². The number of rotatable bonds is 7. The van der Waals surface area contributed by atoms with Crippen LogP contribution in [0.1, 0.15) is 66.8 Å². The van der Waals surface area contributed by atoms with Crippen molar-refractivity contribution in [3.63, 3.8) is 0 Å². The summed E-state index contributed by atoms with van der Waals surface area (Å²) in [6, 6.07) is 16.3. The number of amides is 1. The normalized spacial score (nSPS) is 15.7. The summed E-state index contributed by atoms with van der Waals surface area (Å²) in [4.78, 5) is 15.1. The van der Waals surface area contributed by atoms with Crippen LogP contribution in [-0.4, -0.2) is 33.7 Å². The third kappa shape index (κ3) is 3.60. The fraction of sp³-hybridized carbons (Fsp3) is 0.360. The molecule has 4 rings (SSSR count). The van der Waals surface area contributed by atoms with Crippen molar-refractivity contribution < 1.29 is 9.53 Å². The van der Waals surface area contributed by atoms with E-state index in [1.54, 1.807) is 0 Å². The summed E-state index contributed by atoms with van der Waals surface area (Å²) < 4.78 is 5.82. The molecule has 1 atom stereocenters. The summed E-state index contributed by atoms with van der Waals surface area (Å²) in [5.74, 6) is 0.859. The average molecular weight is 404 g/mol. The maximum atomic E-state index is 13.2. The lowest BCUT2D eigenvalue weighted by Crippen LogP contribution is -2.35. The molecule has 1 N–H and O–H groups in total. The molecule has 0 saturated heterocycles. The maximum absolute atomic E-state index is 13.2. The van der Waals surface area contributed by atoms with Gasteiger partial charge in [-0.25, -0.2) is 0 Å². The number of ether oxygens (including phenoxy) is 1. The van der Waals surface area contributed by atoms with Gasteiger partial charge in [0.05, 0.1) is 18.3 Å². The summed E-state index contributed by atoms with van der Waals surface area (Å²) in [6.07, 6.45) is 2.15. The Kier molecular flexibility index (Phi) is 5.62. The van der Waals surface area contributed by atoms with Crippen LogP contribution in [0, 0.1) is 6.92 Å². The van der Waals surface area contributed by atoms with Crippen molar-refractivity contribution in [2.45, 2.75) is 52.6 Å². The summed E-state index contributed by atoms with van der Waals surface area (Å²) in [5.41, 5.74) is 5.66. The van der Waals surface area contributed by atoms with Gasteiger partial charge in [0, 0.05) is 17.2 Å². The van der Waals surface area contributed by atoms with E-state index in [9.17, 15) is 4.79 Å². The minimum Gasteiger partial charge on any atom is -0.494 e. The number of nitrogens with one attached hydrogen (secondary N) is 1. The van der Waals surface area contributed by atoms with Gasteiger partial charge in [-0.3, -0.25) is 9.89 Å². The number of hydrogen-bond donors (Lipinski definition) is 1. The van der Waals surface area contributed by atoms with Gasteiger partial charge in [-0.05, 0) is 44.9 Å². The van der Waals surface area contributed by atoms with Gasteiger partial charge in [0.15, 0.2) is 0 Å². The molecule has 0 bridgehead atoms. The molecule has 30 heavy (non-hydrogen) atoms. The molecule has 2 aromatic carbocycles. The van der Waals surface area contributed by atoms with Crippen molar-refractivity contribution in [3.8, 4) is 17.0 Å². The van der Waals surface area contributed by atoms with Crippen molar-refractivity contribution in [3.05, 3.63) is 70.9 Å². The summed E-state index contributed by atoms with van der Waals surface area (Å²) in [5, 5.41) is 7.54. The largest absolute Gasteiger partial charge is 0.494 e. The Morgan fingerprint density at radius 2 is 1.80 bits per heavy atom. The van der Waals surface area contributed by atoms with Gasteiger partial charge < -0.3 is 9.64 Å². The number of carbonyl (C=O) groups excluding carboxylic acids is 1. The van der Waals surface area contributed by atoms with E-state index in [0.29, 0.717) is 5.69 Å². The third-order valence-electron chi connectivity index (χ3n) is 5.65. The van der Waals surface area contributed by atoms with Gasteiger partial charge in [-0.2, -0.15) is 5.10 Å². The Morgan fingerprint density at radius 1 is 1.10 bits per heavy atom. The van der Waals surface area contributed by atoms with Crippen LogP contribution in [0.25, 0.3) is 11.3 Å². The Hall–Kier alpha value is -3.08. The molecule has 0 saturated carbocycles. The molecule has 1 aliphatic rings. The van der Waals surface area contributed by atoms with Crippen molar-refractivity contribution in [1.29, 1.82) is 0 Å². The molecular weight excluding hydrogens is 374 g/mol. The first kappa shape index (κ1) is 20.2. The van der Waals surface area contributed by atoms with Crippen LogP contribution >= 0.6 is 0 Å². The molecule has 1 aromatic heterocycles. The number of hydrogen-bond acceptors (Lipinski definition) is 3. The van der Waals surface area contributed by atoms with Crippen molar-refractivity contribution in [2.75, 3.05) is 6.61 Å². The number of unbranched alkanes of at least 4 members (excludes halogenated alkanes) is 1. The lowest BCUT2D eigenvalue weighted by molar-refractivity contribution is 0.0688. The van der Waals surface area contributed by atoms with Gasteiger partial charge in [0.1, 0.15) is 11.4 Å². The highest BCUT2D eigenvalue weighted by atomic mass is 16.5. The average Bonchev–Trinajstić information content (AvgIpc) is 3.28. The van der Waals surface area contributed by atoms with Crippen molar-refractivity contribution >= 4 is 5.91 Å². The fourth-order valence-corrected chi connectivity index (χ4v) is 4.04. The first-order chi connectivity index (χ1) is 14.5. The predicted octanol–water partition coefficient (Wildman–Crippen LogP) is 5.52. The van der Waals surface area contributed by atoms with Crippen LogP contribution in [-0.2, 0) is 0 Å². The minimum absolute atomic E-state index is 0.000802. The Bertz CT molecular complexity index is 1020. The predicted molar refractivity (Wildman–Crippen MR) is 119 cm³/mol. The molecule has 2 heterocycles. The highest BCUT2D eigenvalue weighted by molar-refractivity contribution is 6.00. The second kappa shape index (κ2) is 8.34. The molecule has 0 fully saturated rings. The quantitative estimate of drug-likeness (QED) is 0.529. The van der Waals surface area contributed by atoms with Gasteiger partial charge >= 0.3 is 0 Å². The number of nitrogens with zero attached hydrogens (tertiary/aromatic N) is 2. The Balaban J connectivity index is 1.74. The van der Waals surface area contributed by atoms with E-state index in [0.717, 1.165) is 47.6 Å². The number of aromatic amines is 1. The molecule has 5 nitrogen and oxygen atoms in total. The van der Waals surface area contributed by atoms with E-state index < -0.39 is 0 Å². The Morgan fingerprint density at radius 3 is 2.43 bits per heavy atom. The lowest BCUT2D eigenvalue weighted by Gasteiger charge is -2.30. The minimum atomic E-state index is -0.174. The van der Waals surface area contributed by atoms with Crippen LogP contribution in [0.2, 0.25) is 0 Å². The van der Waals surface area contributed by atoms with E-state index in [4.69, 9.17) is 4.74 Å². The number of fused-ring (bicyclic) bond motifs is 1. The first-order valence-corrected chi connectivity index (χ1v) is 10.7. The monoisotopic (exact) mass is 403 g/mol. The molecule has 0 aliphatic carbocycles. The molecule has 0 radical (unpaired) electrons. The highest BCUT2D eigenvalue weighted by Gasteiger charge is 2.43. The molecule has 1 amide bonds. The highest BCUT2D eigenvalue weighted by Crippen LogP contribution is 2.44. The topological polar surface area (TPSA) is 58.2 Å². The smallest absolute Gasteiger partial charge is 0.273 e. The standard InChI is InChI=1S/C25H29N3O2/c1-5-6-15-30-20-13-11-19(12-14-20)24-21-22(18-9-7-17(4)8-10-18)26-27-23(21)25(29)28(24)16(2)3/h7-14,16,24H,5-6,15H2,1-4H3,(H,26,27). The van der Waals surface area contributed by atoms with Crippen molar-refractivity contribution in [2.24, 2.45) is 0 Å².